The fourth-order valence-electron chi connectivity index (χ4n) is 5.89. The number of hydrogen-bond donors (Lipinski definition) is 0. The van der Waals surface area contributed by atoms with Gasteiger partial charge >= 0.3 is 26.2 Å². The molecule has 3 heteroatoms. The van der Waals surface area contributed by atoms with Gasteiger partial charge in [-0.25, -0.2) is 0 Å². The zero-order valence-electron chi connectivity index (χ0n) is 21.9. The Balaban J connectivity index is 0.000000241. The summed E-state index contributed by atoms with van der Waals surface area (Å²) >= 11 is 0. The number of rotatable bonds is 2. The van der Waals surface area contributed by atoms with Gasteiger partial charge in [0.25, 0.3) is 0 Å². The molecule has 6 rings (SSSR count). The van der Waals surface area contributed by atoms with Crippen LogP contribution in [-0.4, -0.2) is 0 Å². The molecule has 0 radical (unpaired) electrons. The predicted molar refractivity (Wildman–Crippen MR) is 161 cm³/mol. The molecule has 194 valence electrons. The van der Waals surface area contributed by atoms with Gasteiger partial charge in [-0.1, -0.05) is 112 Å². The number of fused-ring (bicyclic) bond motifs is 2. The van der Waals surface area contributed by atoms with E-state index < -0.39 is 0 Å². The minimum atomic E-state index is 0. The van der Waals surface area contributed by atoms with Gasteiger partial charge in [-0.15, -0.1) is 107 Å². The third-order valence-electron chi connectivity index (χ3n) is 7.74. The molecule has 0 aromatic heterocycles. The zero-order chi connectivity index (χ0) is 23.0. The van der Waals surface area contributed by atoms with Crippen molar-refractivity contribution in [3.63, 3.8) is 0 Å². The normalized spacial score (nSPS) is 14.7. The summed E-state index contributed by atoms with van der Waals surface area (Å²) in [7, 11) is 0. The molecule has 4 aromatic rings. The predicted octanol–water partition coefficient (Wildman–Crippen LogP) is 10.3. The van der Waals surface area contributed by atoms with Crippen LogP contribution in [0.4, 0.5) is 0 Å². The molecule has 0 heterocycles. The smallest absolute Gasteiger partial charge is 0.148 e. The summed E-state index contributed by atoms with van der Waals surface area (Å²) in [5.41, 5.74) is 12.2. The molecule has 0 nitrogen and oxygen atoms in total. The van der Waals surface area contributed by atoms with Crippen LogP contribution in [0.3, 0.4) is 0 Å². The second-order valence-corrected chi connectivity index (χ2v) is 10.1. The molecule has 37 heavy (non-hydrogen) atoms. The van der Waals surface area contributed by atoms with Gasteiger partial charge in [0.1, 0.15) is 0 Å². The minimum Gasteiger partial charge on any atom is -0.148 e. The van der Waals surface area contributed by atoms with Crippen molar-refractivity contribution in [2.75, 3.05) is 0 Å². The van der Waals surface area contributed by atoms with Gasteiger partial charge in [-0.05, 0) is 12.8 Å². The van der Waals surface area contributed by atoms with E-state index in [4.69, 9.17) is 0 Å². The summed E-state index contributed by atoms with van der Waals surface area (Å²) in [6.07, 6.45) is 16.2. The van der Waals surface area contributed by atoms with Gasteiger partial charge in [-0.3, -0.25) is 0 Å². The fourth-order valence-corrected chi connectivity index (χ4v) is 5.89. The number of aryl methyl sites for hydroxylation is 2. The number of halogens is 2. The third-order valence-corrected chi connectivity index (χ3v) is 7.74. The van der Waals surface area contributed by atoms with Gasteiger partial charge in [-0.2, -0.15) is 0 Å². The molecule has 0 saturated heterocycles. The van der Waals surface area contributed by atoms with Gasteiger partial charge < -0.3 is 0 Å². The SMILES string of the molecule is Cl.Cl.[Zr+2].c1ccc(-[c-]2ccc3c2CCCCCC3)cc1.c1ccc(-[c-]2ccc3c2CCCCCC3)cc1. The first-order chi connectivity index (χ1) is 16.9. The van der Waals surface area contributed by atoms with Crippen LogP contribution in [0.1, 0.15) is 73.6 Å². The molecule has 0 amide bonds. The van der Waals surface area contributed by atoms with Crippen LogP contribution in [0.2, 0.25) is 0 Å². The van der Waals surface area contributed by atoms with Gasteiger partial charge in [0.05, 0.1) is 0 Å². The zero-order valence-corrected chi connectivity index (χ0v) is 26.0. The molecule has 4 aromatic carbocycles. The van der Waals surface area contributed by atoms with Crippen molar-refractivity contribution in [1.82, 2.24) is 0 Å². The van der Waals surface area contributed by atoms with Crippen molar-refractivity contribution in [2.24, 2.45) is 0 Å². The van der Waals surface area contributed by atoms with Crippen LogP contribution in [0.15, 0.2) is 84.9 Å². The first-order valence-electron chi connectivity index (χ1n) is 13.6. The summed E-state index contributed by atoms with van der Waals surface area (Å²) in [5, 5.41) is 0. The number of benzene rings is 2. The quantitative estimate of drug-likeness (QED) is 0.198. The minimum absolute atomic E-state index is 0. The van der Waals surface area contributed by atoms with E-state index in [1.807, 2.05) is 0 Å². The van der Waals surface area contributed by atoms with Crippen LogP contribution >= 0.6 is 24.8 Å². The molecule has 0 aliphatic heterocycles. The maximum Gasteiger partial charge on any atom is 2.00 e. The summed E-state index contributed by atoms with van der Waals surface area (Å²) in [4.78, 5) is 0. The van der Waals surface area contributed by atoms with Crippen LogP contribution in [-0.2, 0) is 51.9 Å². The Morgan fingerprint density at radius 1 is 0.405 bits per heavy atom. The molecule has 0 bridgehead atoms. The molecule has 0 N–H and O–H groups in total. The average molecular weight is 611 g/mol. The van der Waals surface area contributed by atoms with E-state index in [-0.39, 0.29) is 51.0 Å². The van der Waals surface area contributed by atoms with E-state index in [9.17, 15) is 0 Å². The molecule has 2 aliphatic carbocycles. The van der Waals surface area contributed by atoms with Crippen LogP contribution in [0.25, 0.3) is 22.3 Å². The molecule has 2 aliphatic rings. The van der Waals surface area contributed by atoms with E-state index in [0.717, 1.165) is 0 Å². The maximum absolute atomic E-state index is 2.35. The molecule has 0 unspecified atom stereocenters. The van der Waals surface area contributed by atoms with Crippen LogP contribution in [0.5, 0.6) is 0 Å². The van der Waals surface area contributed by atoms with Crippen molar-refractivity contribution in [1.29, 1.82) is 0 Å². The standard InChI is InChI=1S/2C17H19.2ClH.Zr/c2*1-2-7-11-16-15(10-4-1)12-13-17(16)14-8-5-3-6-9-14;;;/h2*3,5-6,8-9,12-13H,1-2,4,7,10-11H2;2*1H;/q2*-1;;;+2. The Bertz CT molecular complexity index is 1060. The van der Waals surface area contributed by atoms with Gasteiger partial charge in [0, 0.05) is 0 Å². The van der Waals surface area contributed by atoms with E-state index in [1.54, 1.807) is 22.3 Å². The van der Waals surface area contributed by atoms with Gasteiger partial charge in [0.15, 0.2) is 0 Å². The van der Waals surface area contributed by atoms with E-state index in [1.165, 1.54) is 99.3 Å². The van der Waals surface area contributed by atoms with Crippen molar-refractivity contribution >= 4 is 24.8 Å². The first-order valence-corrected chi connectivity index (χ1v) is 13.6. The summed E-state index contributed by atoms with van der Waals surface area (Å²) < 4.78 is 0. The molecule has 0 fully saturated rings. The molecular formula is C34H40Cl2Zr. The van der Waals surface area contributed by atoms with Crippen molar-refractivity contribution in [2.45, 2.75) is 77.0 Å². The third kappa shape index (κ3) is 8.29. The Hall–Kier alpha value is -1.40. The van der Waals surface area contributed by atoms with Crippen LogP contribution < -0.4 is 0 Å². The molecule has 0 atom stereocenters. The molecule has 0 saturated carbocycles. The summed E-state index contributed by atoms with van der Waals surface area (Å²) in [6.45, 7) is 0. The number of hydrogen-bond acceptors (Lipinski definition) is 0. The Morgan fingerprint density at radius 2 is 0.757 bits per heavy atom. The van der Waals surface area contributed by atoms with Gasteiger partial charge in [0.2, 0.25) is 0 Å². The molecule has 0 spiro atoms. The van der Waals surface area contributed by atoms with Crippen molar-refractivity contribution in [3.8, 4) is 22.3 Å². The van der Waals surface area contributed by atoms with Crippen molar-refractivity contribution < 1.29 is 26.2 Å². The second-order valence-electron chi connectivity index (χ2n) is 10.1. The van der Waals surface area contributed by atoms with Crippen molar-refractivity contribution in [3.05, 3.63) is 107 Å². The second kappa shape index (κ2) is 16.5. The largest absolute Gasteiger partial charge is 2.00 e. The Morgan fingerprint density at radius 3 is 1.14 bits per heavy atom. The van der Waals surface area contributed by atoms with E-state index >= 15 is 0 Å². The first kappa shape index (κ1) is 31.8. The summed E-state index contributed by atoms with van der Waals surface area (Å²) in [6, 6.07) is 31.0. The average Bonchev–Trinajstić information content (AvgIpc) is 3.43. The van der Waals surface area contributed by atoms with E-state index in [2.05, 4.69) is 84.9 Å². The Labute approximate surface area is 256 Å². The molecular weight excluding hydrogens is 571 g/mol. The maximum atomic E-state index is 2.35. The monoisotopic (exact) mass is 608 g/mol. The Kier molecular flexibility index (Phi) is 14.2. The summed E-state index contributed by atoms with van der Waals surface area (Å²) in [5.74, 6) is 0. The van der Waals surface area contributed by atoms with E-state index in [0.29, 0.717) is 0 Å². The topological polar surface area (TPSA) is 0 Å². The fraction of sp³-hybridized carbons (Fsp3) is 0.353. The van der Waals surface area contributed by atoms with Crippen LogP contribution in [0, 0.1) is 0 Å².